The number of carbonyl (C=O) groups excluding carboxylic acids is 1. The van der Waals surface area contributed by atoms with Crippen LogP contribution in [0.3, 0.4) is 0 Å². The lowest BCUT2D eigenvalue weighted by Crippen LogP contribution is -2.49. The molecule has 4 heterocycles. The molecule has 1 atom stereocenters. The van der Waals surface area contributed by atoms with Crippen molar-refractivity contribution in [3.05, 3.63) is 71.9 Å². The van der Waals surface area contributed by atoms with Gasteiger partial charge in [0, 0.05) is 31.9 Å². The number of aryl methyl sites for hydroxylation is 1. The second-order valence-corrected chi connectivity index (χ2v) is 8.10. The average molecular weight is 431 g/mol. The van der Waals surface area contributed by atoms with Crippen LogP contribution in [0, 0.1) is 6.92 Å². The highest BCUT2D eigenvalue weighted by Crippen LogP contribution is 2.28. The Balaban J connectivity index is 1.46. The van der Waals surface area contributed by atoms with Crippen LogP contribution < -0.4 is 4.74 Å². The van der Waals surface area contributed by atoms with Crippen molar-refractivity contribution in [3.8, 4) is 17.0 Å². The van der Waals surface area contributed by atoms with Gasteiger partial charge in [0.25, 0.3) is 5.91 Å². The van der Waals surface area contributed by atoms with E-state index < -0.39 is 0 Å². The maximum atomic E-state index is 12.9. The fourth-order valence-corrected chi connectivity index (χ4v) is 4.19. The van der Waals surface area contributed by atoms with Crippen LogP contribution in [0.25, 0.3) is 16.9 Å². The molecule has 0 spiro atoms. The van der Waals surface area contributed by atoms with E-state index in [9.17, 15) is 4.79 Å². The molecule has 0 bridgehead atoms. The largest absolute Gasteiger partial charge is 0.497 e. The van der Waals surface area contributed by atoms with Crippen molar-refractivity contribution in [2.45, 2.75) is 13.0 Å². The van der Waals surface area contributed by atoms with Crippen LogP contribution in [0.15, 0.2) is 59.3 Å². The molecule has 32 heavy (non-hydrogen) atoms. The molecule has 3 aromatic heterocycles. The first-order valence-electron chi connectivity index (χ1n) is 10.6. The van der Waals surface area contributed by atoms with Gasteiger partial charge in [0.15, 0.2) is 5.69 Å². The second kappa shape index (κ2) is 8.12. The molecule has 164 valence electrons. The highest BCUT2D eigenvalue weighted by molar-refractivity contribution is 5.92. The van der Waals surface area contributed by atoms with E-state index in [4.69, 9.17) is 14.2 Å². The number of benzene rings is 1. The zero-order valence-electron chi connectivity index (χ0n) is 18.4. The van der Waals surface area contributed by atoms with Crippen molar-refractivity contribution in [2.75, 3.05) is 33.8 Å². The van der Waals surface area contributed by atoms with Crippen molar-refractivity contribution >= 4 is 11.6 Å². The molecule has 1 aromatic carbocycles. The third kappa shape index (κ3) is 3.62. The molecule has 5 rings (SSSR count). The van der Waals surface area contributed by atoms with Crippen molar-refractivity contribution < 1.29 is 14.1 Å². The molecule has 0 aliphatic carbocycles. The van der Waals surface area contributed by atoms with Crippen LogP contribution in [0.5, 0.6) is 5.75 Å². The molecule has 8 heteroatoms. The van der Waals surface area contributed by atoms with E-state index in [2.05, 4.69) is 33.8 Å². The summed E-state index contributed by atoms with van der Waals surface area (Å²) in [5.41, 5.74) is 4.28. The van der Waals surface area contributed by atoms with Crippen LogP contribution in [0.1, 0.15) is 28.0 Å². The number of fused-ring (bicyclic) bond motifs is 1. The molecule has 4 aromatic rings. The van der Waals surface area contributed by atoms with Gasteiger partial charge in [-0.15, -0.1) is 0 Å². The molecule has 0 unspecified atom stereocenters. The van der Waals surface area contributed by atoms with Gasteiger partial charge in [0.1, 0.15) is 17.2 Å². The molecule has 1 amide bonds. The zero-order valence-corrected chi connectivity index (χ0v) is 18.4. The van der Waals surface area contributed by atoms with Crippen LogP contribution in [0.4, 0.5) is 0 Å². The number of methoxy groups -OCH3 is 1. The summed E-state index contributed by atoms with van der Waals surface area (Å²) in [5, 5.41) is 3.89. The molecule has 1 saturated heterocycles. The zero-order chi connectivity index (χ0) is 22.2. The summed E-state index contributed by atoms with van der Waals surface area (Å²) in [4.78, 5) is 21.9. The number of amides is 1. The fourth-order valence-electron chi connectivity index (χ4n) is 4.19. The fraction of sp³-hybridized carbons (Fsp3) is 0.292. The van der Waals surface area contributed by atoms with Crippen molar-refractivity contribution in [3.63, 3.8) is 0 Å². The lowest BCUT2D eigenvalue weighted by atomic mass is 10.1. The molecule has 1 fully saturated rings. The molecule has 8 nitrogen and oxygen atoms in total. The monoisotopic (exact) mass is 431 g/mol. The van der Waals surface area contributed by atoms with E-state index in [1.165, 1.54) is 0 Å². The Morgan fingerprint density at radius 1 is 1.16 bits per heavy atom. The second-order valence-electron chi connectivity index (χ2n) is 8.10. The molecule has 0 saturated carbocycles. The lowest BCUT2D eigenvalue weighted by molar-refractivity contribution is 0.0531. The summed E-state index contributed by atoms with van der Waals surface area (Å²) in [7, 11) is 3.73. The highest BCUT2D eigenvalue weighted by Gasteiger charge is 2.31. The number of ether oxygens (including phenoxy) is 1. The predicted molar refractivity (Wildman–Crippen MR) is 120 cm³/mol. The van der Waals surface area contributed by atoms with Crippen LogP contribution in [-0.2, 0) is 0 Å². The first kappa shape index (κ1) is 20.3. The maximum absolute atomic E-state index is 12.9. The Morgan fingerprint density at radius 2 is 1.97 bits per heavy atom. The van der Waals surface area contributed by atoms with E-state index in [1.807, 2.05) is 41.3 Å². The molecule has 0 N–H and O–H groups in total. The summed E-state index contributed by atoms with van der Waals surface area (Å²) >= 11 is 0. The van der Waals surface area contributed by atoms with Crippen LogP contribution in [-0.4, -0.2) is 64.0 Å². The van der Waals surface area contributed by atoms with Gasteiger partial charge in [0.05, 0.1) is 24.5 Å². The van der Waals surface area contributed by atoms with Crippen molar-refractivity contribution in [2.24, 2.45) is 0 Å². The average Bonchev–Trinajstić information content (AvgIpc) is 3.45. The molecule has 0 radical (unpaired) electrons. The first-order valence-corrected chi connectivity index (χ1v) is 10.6. The maximum Gasteiger partial charge on any atom is 0.276 e. The van der Waals surface area contributed by atoms with Crippen LogP contribution >= 0.6 is 0 Å². The molecule has 1 aliphatic heterocycles. The van der Waals surface area contributed by atoms with E-state index in [-0.39, 0.29) is 11.9 Å². The summed E-state index contributed by atoms with van der Waals surface area (Å²) in [6.07, 6.45) is 2.07. The quantitative estimate of drug-likeness (QED) is 0.493. The number of pyridine rings is 1. The minimum absolute atomic E-state index is 0.00989. The van der Waals surface area contributed by atoms with Crippen molar-refractivity contribution in [1.82, 2.24) is 24.3 Å². The lowest BCUT2D eigenvalue weighted by Gasteiger charge is -2.38. The Morgan fingerprint density at radius 3 is 2.69 bits per heavy atom. The minimum Gasteiger partial charge on any atom is -0.497 e. The number of aromatic nitrogens is 3. The van der Waals surface area contributed by atoms with Crippen molar-refractivity contribution in [1.29, 1.82) is 0 Å². The number of hydrogen-bond acceptors (Lipinski definition) is 6. The third-order valence-corrected chi connectivity index (χ3v) is 6.02. The third-order valence-electron chi connectivity index (χ3n) is 6.02. The van der Waals surface area contributed by atoms with Gasteiger partial charge in [-0.25, -0.2) is 4.98 Å². The van der Waals surface area contributed by atoms with E-state index in [0.717, 1.165) is 34.9 Å². The topological polar surface area (TPSA) is 76.1 Å². The Hall–Kier alpha value is -3.65. The Kier molecular flexibility index (Phi) is 5.14. The number of rotatable bonds is 4. The number of likely N-dealkylation sites (N-methyl/N-ethyl adjacent to an activating group) is 1. The van der Waals surface area contributed by atoms with E-state index in [0.29, 0.717) is 24.5 Å². The van der Waals surface area contributed by atoms with Gasteiger partial charge in [0.2, 0.25) is 0 Å². The van der Waals surface area contributed by atoms with Gasteiger partial charge in [-0.2, -0.15) is 0 Å². The standard InChI is InChI=1S/C24H25N5O3/c1-16-13-19(26-32-16)24(30)28-12-11-27(2)22(15-28)20-14-29-21(5-4-6-23(29)25-20)17-7-9-18(31-3)10-8-17/h4-10,13-14,22H,11-12,15H2,1-3H3/t22-/m0/s1. The minimum atomic E-state index is -0.109. The number of hydrogen-bond donors (Lipinski definition) is 0. The number of piperazine rings is 1. The van der Waals surface area contributed by atoms with Gasteiger partial charge >= 0.3 is 0 Å². The number of carbonyl (C=O) groups is 1. The summed E-state index contributed by atoms with van der Waals surface area (Å²) < 4.78 is 12.5. The van der Waals surface area contributed by atoms with Gasteiger partial charge in [-0.1, -0.05) is 11.2 Å². The summed E-state index contributed by atoms with van der Waals surface area (Å²) in [5.74, 6) is 1.34. The summed E-state index contributed by atoms with van der Waals surface area (Å²) in [6.45, 7) is 3.73. The van der Waals surface area contributed by atoms with Gasteiger partial charge in [-0.3, -0.25) is 14.1 Å². The first-order chi connectivity index (χ1) is 15.5. The Bertz CT molecular complexity index is 1260. The Labute approximate surface area is 186 Å². The molecule has 1 aliphatic rings. The van der Waals surface area contributed by atoms with Crippen LogP contribution in [0.2, 0.25) is 0 Å². The molecular formula is C24H25N5O3. The molecular weight excluding hydrogens is 406 g/mol. The predicted octanol–water partition coefficient (Wildman–Crippen LogP) is 3.44. The van der Waals surface area contributed by atoms with E-state index >= 15 is 0 Å². The van der Waals surface area contributed by atoms with Gasteiger partial charge in [-0.05, 0) is 55.9 Å². The van der Waals surface area contributed by atoms with E-state index in [1.54, 1.807) is 20.1 Å². The summed E-state index contributed by atoms with van der Waals surface area (Å²) in [6, 6.07) is 15.8. The number of nitrogens with zero attached hydrogens (tertiary/aromatic N) is 5. The number of imidazole rings is 1. The SMILES string of the molecule is COc1ccc(-c2cccc3nc([C@@H]4CN(C(=O)c5cc(C)on5)CCN4C)cn23)cc1. The normalized spacial score (nSPS) is 17.1. The highest BCUT2D eigenvalue weighted by atomic mass is 16.5. The smallest absolute Gasteiger partial charge is 0.276 e. The van der Waals surface area contributed by atoms with Gasteiger partial charge < -0.3 is 14.2 Å².